The van der Waals surface area contributed by atoms with E-state index in [1.807, 2.05) is 43.3 Å². The highest BCUT2D eigenvalue weighted by Crippen LogP contribution is 2.31. The molecule has 0 bridgehead atoms. The lowest BCUT2D eigenvalue weighted by molar-refractivity contribution is 0.556. The first-order chi connectivity index (χ1) is 16.1. The van der Waals surface area contributed by atoms with Crippen LogP contribution in [0.4, 0.5) is 0 Å². The normalized spacial score (nSPS) is 10.3. The van der Waals surface area contributed by atoms with Gasteiger partial charge in [-0.2, -0.15) is 21.0 Å². The van der Waals surface area contributed by atoms with E-state index in [4.69, 9.17) is 29.9 Å². The summed E-state index contributed by atoms with van der Waals surface area (Å²) in [6.07, 6.45) is 9.41. The van der Waals surface area contributed by atoms with Gasteiger partial charge in [0.15, 0.2) is 11.5 Å². The number of aromatic nitrogens is 1. The maximum Gasteiger partial charge on any atom is 0.151 e. The number of nitrogens with zero attached hydrogens (tertiary/aromatic N) is 5. The van der Waals surface area contributed by atoms with E-state index in [0.717, 1.165) is 11.4 Å². The molecule has 0 saturated heterocycles. The first kappa shape index (κ1) is 22.4. The molecule has 7 nitrogen and oxygen atoms in total. The van der Waals surface area contributed by atoms with E-state index in [0.29, 0.717) is 29.6 Å². The van der Waals surface area contributed by atoms with Crippen molar-refractivity contribution in [3.63, 3.8) is 0 Å². The summed E-state index contributed by atoms with van der Waals surface area (Å²) >= 11 is 0. The second-order valence-corrected chi connectivity index (χ2v) is 6.58. The number of furan rings is 2. The summed E-state index contributed by atoms with van der Waals surface area (Å²) in [4.78, 5) is 0. The molecule has 3 aromatic rings. The van der Waals surface area contributed by atoms with Gasteiger partial charge in [-0.25, -0.2) is 0 Å². The second kappa shape index (κ2) is 10.7. The molecule has 158 valence electrons. The molecule has 0 aliphatic rings. The van der Waals surface area contributed by atoms with Gasteiger partial charge in [0.05, 0.1) is 11.4 Å². The molecule has 33 heavy (non-hydrogen) atoms. The van der Waals surface area contributed by atoms with Gasteiger partial charge in [0, 0.05) is 6.54 Å². The molecule has 3 aromatic heterocycles. The van der Waals surface area contributed by atoms with Crippen molar-refractivity contribution in [2.24, 2.45) is 0 Å². The molecular weight excluding hydrogens is 414 g/mol. The minimum Gasteiger partial charge on any atom is -0.455 e. The number of allylic oxidation sites excluding steroid dienone is 6. The molecule has 0 spiro atoms. The average molecular weight is 431 g/mol. The maximum atomic E-state index is 8.78. The fourth-order valence-electron chi connectivity index (χ4n) is 3.08. The Balaban J connectivity index is 1.84. The lowest BCUT2D eigenvalue weighted by Crippen LogP contribution is -1.98. The fourth-order valence-corrected chi connectivity index (χ4v) is 3.08. The van der Waals surface area contributed by atoms with E-state index >= 15 is 0 Å². The van der Waals surface area contributed by atoms with Gasteiger partial charge in [0.2, 0.25) is 0 Å². The van der Waals surface area contributed by atoms with E-state index in [-0.39, 0.29) is 11.1 Å². The lowest BCUT2D eigenvalue weighted by Gasteiger charge is -2.08. The maximum absolute atomic E-state index is 8.78. The van der Waals surface area contributed by atoms with Gasteiger partial charge in [-0.3, -0.25) is 0 Å². The molecule has 0 fully saturated rings. The number of nitriles is 4. The Bertz CT molecular complexity index is 1300. The summed E-state index contributed by atoms with van der Waals surface area (Å²) in [5.41, 5.74) is 1.78. The van der Waals surface area contributed by atoms with Crippen molar-refractivity contribution in [1.82, 2.24) is 4.57 Å². The van der Waals surface area contributed by atoms with Crippen LogP contribution in [0.15, 0.2) is 80.7 Å². The van der Waals surface area contributed by atoms with Crippen LogP contribution in [0.25, 0.3) is 35.1 Å². The van der Waals surface area contributed by atoms with Gasteiger partial charge in [-0.15, -0.1) is 0 Å². The summed E-state index contributed by atoms with van der Waals surface area (Å²) in [5, 5.41) is 35.1. The third-order valence-corrected chi connectivity index (χ3v) is 4.58. The summed E-state index contributed by atoms with van der Waals surface area (Å²) in [6, 6.07) is 18.4. The molecule has 3 heterocycles. The molecule has 7 heteroatoms. The van der Waals surface area contributed by atoms with Crippen molar-refractivity contribution >= 4 is 12.2 Å². The highest BCUT2D eigenvalue weighted by Gasteiger charge is 2.15. The summed E-state index contributed by atoms with van der Waals surface area (Å²) in [6.45, 7) is 2.70. The monoisotopic (exact) mass is 431 g/mol. The molecule has 0 saturated carbocycles. The average Bonchev–Trinajstić information content (AvgIpc) is 3.58. The van der Waals surface area contributed by atoms with E-state index in [9.17, 15) is 0 Å². The minimum atomic E-state index is 0.0155. The van der Waals surface area contributed by atoms with Gasteiger partial charge in [-0.05, 0) is 67.6 Å². The van der Waals surface area contributed by atoms with Crippen molar-refractivity contribution in [2.45, 2.75) is 13.5 Å². The quantitative estimate of drug-likeness (QED) is 0.333. The van der Waals surface area contributed by atoms with Crippen LogP contribution in [-0.2, 0) is 6.54 Å². The lowest BCUT2D eigenvalue weighted by atomic mass is 10.3. The topological polar surface area (TPSA) is 126 Å². The zero-order valence-electron chi connectivity index (χ0n) is 17.7. The van der Waals surface area contributed by atoms with Crippen LogP contribution >= 0.6 is 0 Å². The predicted molar refractivity (Wildman–Crippen MR) is 122 cm³/mol. The summed E-state index contributed by atoms with van der Waals surface area (Å²) in [5.74, 6) is 2.53. The van der Waals surface area contributed by atoms with Crippen molar-refractivity contribution in [2.75, 3.05) is 0 Å². The first-order valence-corrected chi connectivity index (χ1v) is 9.90. The largest absolute Gasteiger partial charge is 0.455 e. The van der Waals surface area contributed by atoms with Crippen LogP contribution in [-0.4, -0.2) is 4.57 Å². The molecule has 0 unspecified atom stereocenters. The third-order valence-electron chi connectivity index (χ3n) is 4.58. The Morgan fingerprint density at radius 3 is 1.52 bits per heavy atom. The molecule has 0 aromatic carbocycles. The van der Waals surface area contributed by atoms with Crippen molar-refractivity contribution < 1.29 is 8.83 Å². The van der Waals surface area contributed by atoms with Crippen LogP contribution in [0, 0.1) is 45.3 Å². The SMILES string of the molecule is CCn1c(-c2ccc(/C=C/C=C(C#N)C#N)o2)ccc1-c1ccc(/C=C/C=C(C#N)C#N)o1. The van der Waals surface area contributed by atoms with Crippen LogP contribution in [0.5, 0.6) is 0 Å². The Labute approximate surface area is 190 Å². The van der Waals surface area contributed by atoms with Gasteiger partial charge < -0.3 is 13.4 Å². The molecule has 3 rings (SSSR count). The van der Waals surface area contributed by atoms with Crippen molar-refractivity contribution in [1.29, 1.82) is 21.0 Å². The van der Waals surface area contributed by atoms with Gasteiger partial charge in [0.25, 0.3) is 0 Å². The van der Waals surface area contributed by atoms with Gasteiger partial charge in [-0.1, -0.05) is 12.2 Å². The zero-order chi connectivity index (χ0) is 23.6. The Hall–Kier alpha value is -5.24. The second-order valence-electron chi connectivity index (χ2n) is 6.58. The predicted octanol–water partition coefficient (Wildman–Crippen LogP) is 6.00. The first-order valence-electron chi connectivity index (χ1n) is 9.90. The number of rotatable bonds is 7. The fraction of sp³-hybridized carbons (Fsp3) is 0.0769. The zero-order valence-corrected chi connectivity index (χ0v) is 17.7. The van der Waals surface area contributed by atoms with Crippen molar-refractivity contribution in [3.8, 4) is 47.2 Å². The molecule has 0 aliphatic heterocycles. The van der Waals surface area contributed by atoms with Gasteiger partial charge in [0.1, 0.15) is 46.9 Å². The van der Waals surface area contributed by atoms with Crippen molar-refractivity contribution in [3.05, 3.63) is 83.4 Å². The molecule has 0 atom stereocenters. The molecule has 0 radical (unpaired) electrons. The van der Waals surface area contributed by atoms with Gasteiger partial charge >= 0.3 is 0 Å². The highest BCUT2D eigenvalue weighted by molar-refractivity contribution is 5.66. The van der Waals surface area contributed by atoms with E-state index < -0.39 is 0 Å². The van der Waals surface area contributed by atoms with Crippen LogP contribution in [0.1, 0.15) is 18.4 Å². The summed E-state index contributed by atoms with van der Waals surface area (Å²) in [7, 11) is 0. The van der Waals surface area contributed by atoms with Crippen LogP contribution in [0.2, 0.25) is 0 Å². The van der Waals surface area contributed by atoms with E-state index in [1.54, 1.807) is 48.6 Å². The van der Waals surface area contributed by atoms with Crippen LogP contribution < -0.4 is 0 Å². The van der Waals surface area contributed by atoms with Crippen LogP contribution in [0.3, 0.4) is 0 Å². The number of hydrogen-bond acceptors (Lipinski definition) is 6. The Kier molecular flexibility index (Phi) is 7.27. The van der Waals surface area contributed by atoms with E-state index in [2.05, 4.69) is 4.57 Å². The molecular formula is C26H17N5O2. The summed E-state index contributed by atoms with van der Waals surface area (Å²) < 4.78 is 13.9. The Morgan fingerprint density at radius 2 is 1.15 bits per heavy atom. The Morgan fingerprint density at radius 1 is 0.727 bits per heavy atom. The molecule has 0 amide bonds. The third kappa shape index (κ3) is 5.28. The molecule has 0 aliphatic carbocycles. The van der Waals surface area contributed by atoms with E-state index in [1.165, 1.54) is 12.2 Å². The number of hydrogen-bond donors (Lipinski definition) is 0. The molecule has 0 N–H and O–H groups in total. The standard InChI is InChI=1S/C26H17N5O2/c1-2-31-23(25-13-9-21(32-25)7-3-5-19(15-27)16-28)11-12-24(31)26-14-10-22(33-26)8-4-6-20(17-29)18-30/h3-14H,2H2,1H3/b7-3+,8-4+. The minimum absolute atomic E-state index is 0.0155. The smallest absolute Gasteiger partial charge is 0.151 e. The highest BCUT2D eigenvalue weighted by atomic mass is 16.3.